The van der Waals surface area contributed by atoms with Crippen molar-refractivity contribution in [2.45, 2.75) is 24.9 Å². The summed E-state index contributed by atoms with van der Waals surface area (Å²) in [7, 11) is 0. The van der Waals surface area contributed by atoms with Gasteiger partial charge in [-0.05, 0) is 43.5 Å². The van der Waals surface area contributed by atoms with Crippen molar-refractivity contribution in [2.75, 3.05) is 5.43 Å². The molecule has 25 heavy (non-hydrogen) atoms. The molecule has 9 heteroatoms. The van der Waals surface area contributed by atoms with Crippen molar-refractivity contribution in [3.63, 3.8) is 0 Å². The lowest BCUT2D eigenvalue weighted by Crippen LogP contribution is -2.57. The van der Waals surface area contributed by atoms with Crippen LogP contribution >= 0.6 is 11.6 Å². The molecule has 8 nitrogen and oxygen atoms in total. The third-order valence-corrected chi connectivity index (χ3v) is 4.19. The van der Waals surface area contributed by atoms with Crippen LogP contribution in [-0.2, 0) is 4.79 Å². The average Bonchev–Trinajstić information content (AvgIpc) is 2.57. The maximum Gasteiger partial charge on any atom is 0.282 e. The van der Waals surface area contributed by atoms with E-state index in [2.05, 4.69) is 15.8 Å². The number of aromatic nitrogens is 1. The van der Waals surface area contributed by atoms with Gasteiger partial charge in [-0.3, -0.25) is 25.8 Å². The number of amides is 1. The van der Waals surface area contributed by atoms with Crippen LogP contribution < -0.4 is 15.6 Å². The molecule has 0 aliphatic heterocycles. The molecular formula is C16H15ClN4O4. The minimum Gasteiger partial charge on any atom is -0.477 e. The molecule has 2 aromatic rings. The van der Waals surface area contributed by atoms with Crippen LogP contribution in [-0.4, -0.2) is 21.4 Å². The lowest BCUT2D eigenvalue weighted by Gasteiger charge is -2.40. The SMILES string of the molecule is O=C(NNc1ccc(Cl)cn1)C1(Oc2ccc([N+](=O)[O-])cc2)CCC1. The number of hydrogen-bond donors (Lipinski definition) is 2. The van der Waals surface area contributed by atoms with E-state index in [1.54, 1.807) is 12.1 Å². The lowest BCUT2D eigenvalue weighted by atomic mass is 9.79. The van der Waals surface area contributed by atoms with Crippen LogP contribution in [0.5, 0.6) is 5.75 Å². The number of benzene rings is 1. The summed E-state index contributed by atoms with van der Waals surface area (Å²) in [5.41, 5.74) is 4.28. The molecule has 0 radical (unpaired) electrons. The fraction of sp³-hybridized carbons (Fsp3) is 0.250. The fourth-order valence-electron chi connectivity index (χ4n) is 2.42. The Kier molecular flexibility index (Phi) is 4.71. The zero-order chi connectivity index (χ0) is 17.9. The molecule has 1 fully saturated rings. The van der Waals surface area contributed by atoms with Crippen LogP contribution in [0.1, 0.15) is 19.3 Å². The predicted octanol–water partition coefficient (Wildman–Crippen LogP) is 3.09. The number of nitro benzene ring substituents is 1. The van der Waals surface area contributed by atoms with Crippen molar-refractivity contribution < 1.29 is 14.5 Å². The summed E-state index contributed by atoms with van der Waals surface area (Å²) in [6, 6.07) is 8.94. The van der Waals surface area contributed by atoms with Gasteiger partial charge in [0.1, 0.15) is 11.6 Å². The molecule has 0 saturated heterocycles. The average molecular weight is 363 g/mol. The van der Waals surface area contributed by atoms with Gasteiger partial charge in [-0.25, -0.2) is 4.98 Å². The molecule has 2 N–H and O–H groups in total. The van der Waals surface area contributed by atoms with Gasteiger partial charge >= 0.3 is 0 Å². The summed E-state index contributed by atoms with van der Waals surface area (Å²) < 4.78 is 5.83. The lowest BCUT2D eigenvalue weighted by molar-refractivity contribution is -0.384. The standard InChI is InChI=1S/C16H15ClN4O4/c17-11-2-7-14(18-10-11)19-20-15(22)16(8-1-9-16)25-13-5-3-12(4-6-13)21(23)24/h2-7,10H,1,8-9H2,(H,18,19)(H,20,22). The fourth-order valence-corrected chi connectivity index (χ4v) is 2.53. The van der Waals surface area contributed by atoms with Crippen molar-refractivity contribution in [1.82, 2.24) is 10.4 Å². The molecule has 0 unspecified atom stereocenters. The Labute approximate surface area is 148 Å². The first kappa shape index (κ1) is 17.0. The zero-order valence-corrected chi connectivity index (χ0v) is 13.8. The van der Waals surface area contributed by atoms with Crippen molar-refractivity contribution >= 4 is 29.0 Å². The summed E-state index contributed by atoms with van der Waals surface area (Å²) in [5, 5.41) is 11.2. The van der Waals surface area contributed by atoms with E-state index in [-0.39, 0.29) is 11.6 Å². The molecule has 1 aliphatic carbocycles. The van der Waals surface area contributed by atoms with Crippen LogP contribution in [0.15, 0.2) is 42.6 Å². The van der Waals surface area contributed by atoms with E-state index in [1.807, 2.05) is 0 Å². The van der Waals surface area contributed by atoms with E-state index in [0.29, 0.717) is 29.4 Å². The number of hydrogen-bond acceptors (Lipinski definition) is 6. The van der Waals surface area contributed by atoms with Gasteiger partial charge in [-0.15, -0.1) is 0 Å². The molecule has 3 rings (SSSR count). The molecule has 0 spiro atoms. The van der Waals surface area contributed by atoms with Crippen molar-refractivity contribution in [3.8, 4) is 5.75 Å². The number of anilines is 1. The normalized spacial score (nSPS) is 14.9. The number of nitrogens with one attached hydrogen (secondary N) is 2. The number of carbonyl (C=O) groups is 1. The van der Waals surface area contributed by atoms with Crippen LogP contribution in [0.25, 0.3) is 0 Å². The Hall–Kier alpha value is -2.87. The van der Waals surface area contributed by atoms with E-state index < -0.39 is 10.5 Å². The van der Waals surface area contributed by atoms with Crippen LogP contribution in [0, 0.1) is 10.1 Å². The molecular weight excluding hydrogens is 348 g/mol. The zero-order valence-electron chi connectivity index (χ0n) is 13.1. The first-order valence-corrected chi connectivity index (χ1v) is 7.98. The van der Waals surface area contributed by atoms with Crippen LogP contribution in [0.3, 0.4) is 0 Å². The number of hydrazine groups is 1. The highest BCUT2D eigenvalue weighted by atomic mass is 35.5. The maximum atomic E-state index is 12.5. The van der Waals surface area contributed by atoms with E-state index >= 15 is 0 Å². The van der Waals surface area contributed by atoms with Gasteiger partial charge in [0.25, 0.3) is 11.6 Å². The number of ether oxygens (including phenoxy) is 1. The second kappa shape index (κ2) is 6.94. The smallest absolute Gasteiger partial charge is 0.282 e. The summed E-state index contributed by atoms with van der Waals surface area (Å²) >= 11 is 5.76. The highest BCUT2D eigenvalue weighted by molar-refractivity contribution is 6.30. The second-order valence-electron chi connectivity index (χ2n) is 5.64. The van der Waals surface area contributed by atoms with Crippen molar-refractivity contribution in [2.24, 2.45) is 0 Å². The predicted molar refractivity (Wildman–Crippen MR) is 91.3 cm³/mol. The van der Waals surface area contributed by atoms with E-state index in [9.17, 15) is 14.9 Å². The third kappa shape index (κ3) is 3.80. The molecule has 130 valence electrons. The number of halogens is 1. The van der Waals surface area contributed by atoms with Gasteiger partial charge in [0.15, 0.2) is 5.60 Å². The van der Waals surface area contributed by atoms with Gasteiger partial charge in [-0.1, -0.05) is 11.6 Å². The topological polar surface area (TPSA) is 106 Å². The Morgan fingerprint density at radius 1 is 1.24 bits per heavy atom. The Bertz CT molecular complexity index is 776. The molecule has 1 aliphatic rings. The van der Waals surface area contributed by atoms with E-state index in [1.165, 1.54) is 30.5 Å². The third-order valence-electron chi connectivity index (χ3n) is 3.97. The van der Waals surface area contributed by atoms with Gasteiger partial charge in [0.2, 0.25) is 0 Å². The largest absolute Gasteiger partial charge is 0.477 e. The highest BCUT2D eigenvalue weighted by Crippen LogP contribution is 2.37. The Morgan fingerprint density at radius 2 is 1.96 bits per heavy atom. The number of pyridine rings is 1. The first-order chi connectivity index (χ1) is 12.0. The number of non-ortho nitro benzene ring substituents is 1. The van der Waals surface area contributed by atoms with E-state index in [4.69, 9.17) is 16.3 Å². The minimum atomic E-state index is -0.991. The van der Waals surface area contributed by atoms with Crippen molar-refractivity contribution in [3.05, 3.63) is 57.7 Å². The van der Waals surface area contributed by atoms with Gasteiger partial charge in [0, 0.05) is 18.3 Å². The van der Waals surface area contributed by atoms with E-state index in [0.717, 1.165) is 6.42 Å². The monoisotopic (exact) mass is 362 g/mol. The quantitative estimate of drug-likeness (QED) is 0.604. The summed E-state index contributed by atoms with van der Waals surface area (Å²) in [4.78, 5) is 26.7. The molecule has 1 saturated carbocycles. The number of nitro groups is 1. The van der Waals surface area contributed by atoms with Crippen molar-refractivity contribution in [1.29, 1.82) is 0 Å². The first-order valence-electron chi connectivity index (χ1n) is 7.60. The number of nitrogens with zero attached hydrogens (tertiary/aromatic N) is 2. The van der Waals surface area contributed by atoms with Gasteiger partial charge in [0.05, 0.1) is 9.95 Å². The number of carbonyl (C=O) groups excluding carboxylic acids is 1. The summed E-state index contributed by atoms with van der Waals surface area (Å²) in [5.74, 6) is 0.529. The van der Waals surface area contributed by atoms with Crippen LogP contribution in [0.2, 0.25) is 5.02 Å². The second-order valence-corrected chi connectivity index (χ2v) is 6.08. The summed E-state index contributed by atoms with van der Waals surface area (Å²) in [6.07, 6.45) is 3.44. The summed E-state index contributed by atoms with van der Waals surface area (Å²) in [6.45, 7) is 0. The van der Waals surface area contributed by atoms with Crippen LogP contribution in [0.4, 0.5) is 11.5 Å². The molecule has 1 heterocycles. The molecule has 1 aromatic carbocycles. The molecule has 0 atom stereocenters. The van der Waals surface area contributed by atoms with Gasteiger partial charge < -0.3 is 4.74 Å². The molecule has 1 amide bonds. The number of rotatable bonds is 6. The Morgan fingerprint density at radius 3 is 2.48 bits per heavy atom. The molecule has 1 aromatic heterocycles. The minimum absolute atomic E-state index is 0.0325. The Balaban J connectivity index is 1.64. The highest BCUT2D eigenvalue weighted by Gasteiger charge is 2.47. The molecule has 0 bridgehead atoms. The van der Waals surface area contributed by atoms with Gasteiger partial charge in [-0.2, -0.15) is 0 Å². The maximum absolute atomic E-state index is 12.5.